The number of ether oxygens (including phenoxy) is 1. The molecule has 7 heteroatoms. The first-order chi connectivity index (χ1) is 11.5. The van der Waals surface area contributed by atoms with Gasteiger partial charge in [-0.1, -0.05) is 12.1 Å². The summed E-state index contributed by atoms with van der Waals surface area (Å²) in [4.78, 5) is 42.4. The number of hydrogen-bond donors (Lipinski definition) is 0. The highest BCUT2D eigenvalue weighted by Crippen LogP contribution is 2.24. The van der Waals surface area contributed by atoms with Crippen molar-refractivity contribution in [1.82, 2.24) is 14.7 Å². The summed E-state index contributed by atoms with van der Waals surface area (Å²) in [6, 6.07) is 5.95. The highest BCUT2D eigenvalue weighted by atomic mass is 16.5. The van der Waals surface area contributed by atoms with Gasteiger partial charge in [0.1, 0.15) is 17.8 Å². The topological polar surface area (TPSA) is 70.2 Å². The fourth-order valence-electron chi connectivity index (χ4n) is 3.27. The van der Waals surface area contributed by atoms with Crippen molar-refractivity contribution in [3.63, 3.8) is 0 Å². The van der Waals surface area contributed by atoms with Crippen molar-refractivity contribution in [2.45, 2.75) is 19.0 Å². The number of amides is 3. The summed E-state index contributed by atoms with van der Waals surface area (Å²) >= 11 is 0. The smallest absolute Gasteiger partial charge is 0.257 e. The zero-order valence-corrected chi connectivity index (χ0v) is 14.1. The fraction of sp³-hybridized carbons (Fsp3) is 0.471. The normalized spacial score (nSPS) is 24.0. The van der Waals surface area contributed by atoms with E-state index in [9.17, 15) is 14.4 Å². The van der Waals surface area contributed by atoms with Crippen LogP contribution in [0.5, 0.6) is 5.75 Å². The lowest BCUT2D eigenvalue weighted by Gasteiger charge is -2.47. The van der Waals surface area contributed by atoms with Crippen LogP contribution in [0.4, 0.5) is 0 Å². The average Bonchev–Trinajstić information content (AvgIpc) is 2.63. The van der Waals surface area contributed by atoms with Crippen molar-refractivity contribution < 1.29 is 19.1 Å². The Morgan fingerprint density at radius 1 is 1.17 bits per heavy atom. The van der Waals surface area contributed by atoms with Gasteiger partial charge in [0.25, 0.3) is 5.91 Å². The van der Waals surface area contributed by atoms with Crippen molar-refractivity contribution in [2.24, 2.45) is 0 Å². The number of carbonyl (C=O) groups is 3. The highest BCUT2D eigenvalue weighted by Gasteiger charge is 2.45. The Morgan fingerprint density at radius 3 is 2.58 bits per heavy atom. The molecule has 2 aliphatic rings. The second-order valence-electron chi connectivity index (χ2n) is 6.12. The molecule has 24 heavy (non-hydrogen) atoms. The zero-order chi connectivity index (χ0) is 17.4. The lowest BCUT2D eigenvalue weighted by molar-refractivity contribution is -0.162. The van der Waals surface area contributed by atoms with Crippen LogP contribution in [0, 0.1) is 0 Å². The quantitative estimate of drug-likeness (QED) is 0.777. The third-order valence-corrected chi connectivity index (χ3v) is 4.86. The van der Waals surface area contributed by atoms with E-state index in [2.05, 4.69) is 0 Å². The molecule has 0 aliphatic carbocycles. The molecule has 0 spiro atoms. The van der Waals surface area contributed by atoms with Crippen LogP contribution in [0.15, 0.2) is 24.3 Å². The third-order valence-electron chi connectivity index (χ3n) is 4.86. The van der Waals surface area contributed by atoms with Gasteiger partial charge >= 0.3 is 0 Å². The molecule has 128 valence electrons. The summed E-state index contributed by atoms with van der Waals surface area (Å²) in [5, 5.41) is 0. The number of methoxy groups -OCH3 is 1. The van der Waals surface area contributed by atoms with Gasteiger partial charge in [-0.2, -0.15) is 0 Å². The first kappa shape index (κ1) is 16.3. The maximum Gasteiger partial charge on any atom is 0.257 e. The fourth-order valence-corrected chi connectivity index (χ4v) is 3.27. The molecule has 0 aromatic heterocycles. The summed E-state index contributed by atoms with van der Waals surface area (Å²) in [5.74, 6) is 0.126. The Labute approximate surface area is 140 Å². The van der Waals surface area contributed by atoms with Gasteiger partial charge in [-0.05, 0) is 19.1 Å². The third kappa shape index (κ3) is 2.50. The summed E-state index contributed by atoms with van der Waals surface area (Å²) in [5.41, 5.74) is 0.463. The molecule has 0 N–H and O–H groups in total. The number of carbonyl (C=O) groups excluding carboxylic acids is 3. The maximum absolute atomic E-state index is 12.8. The van der Waals surface area contributed by atoms with Crippen LogP contribution >= 0.6 is 0 Å². The van der Waals surface area contributed by atoms with E-state index in [-0.39, 0.29) is 24.3 Å². The number of para-hydroxylation sites is 1. The number of fused-ring (bicyclic) bond motifs is 1. The Bertz CT molecular complexity index is 690. The number of rotatable bonds is 2. The first-order valence-electron chi connectivity index (χ1n) is 7.95. The molecule has 2 fully saturated rings. The van der Waals surface area contributed by atoms with Crippen molar-refractivity contribution in [3.05, 3.63) is 29.8 Å². The molecule has 0 saturated carbocycles. The summed E-state index contributed by atoms with van der Waals surface area (Å²) < 4.78 is 5.25. The lowest BCUT2D eigenvalue weighted by Crippen LogP contribution is -2.69. The van der Waals surface area contributed by atoms with E-state index in [1.807, 2.05) is 0 Å². The van der Waals surface area contributed by atoms with Crippen molar-refractivity contribution in [1.29, 1.82) is 0 Å². The minimum absolute atomic E-state index is 0.0634. The minimum Gasteiger partial charge on any atom is -0.496 e. The molecule has 0 bridgehead atoms. The molecule has 2 atom stereocenters. The number of piperazine rings is 2. The minimum atomic E-state index is -0.605. The van der Waals surface area contributed by atoms with Gasteiger partial charge in [-0.25, -0.2) is 0 Å². The molecule has 2 aliphatic heterocycles. The number of benzene rings is 1. The largest absolute Gasteiger partial charge is 0.496 e. The van der Waals surface area contributed by atoms with Crippen LogP contribution in [0.1, 0.15) is 17.3 Å². The maximum atomic E-state index is 12.8. The molecule has 0 radical (unpaired) electrons. The van der Waals surface area contributed by atoms with Gasteiger partial charge in [0.05, 0.1) is 19.2 Å². The number of likely N-dealkylation sites (N-methyl/N-ethyl adjacent to an activating group) is 1. The zero-order valence-electron chi connectivity index (χ0n) is 14.1. The molecule has 1 aromatic rings. The average molecular weight is 331 g/mol. The second kappa shape index (κ2) is 6.14. The molecule has 2 heterocycles. The summed E-state index contributed by atoms with van der Waals surface area (Å²) in [6.45, 7) is 2.71. The van der Waals surface area contributed by atoms with Crippen molar-refractivity contribution in [3.8, 4) is 5.75 Å². The van der Waals surface area contributed by atoms with Crippen LogP contribution in [0.25, 0.3) is 0 Å². The molecule has 7 nitrogen and oxygen atoms in total. The van der Waals surface area contributed by atoms with E-state index in [1.54, 1.807) is 48.0 Å². The Morgan fingerprint density at radius 2 is 1.88 bits per heavy atom. The van der Waals surface area contributed by atoms with E-state index in [4.69, 9.17) is 4.74 Å². The van der Waals surface area contributed by atoms with E-state index >= 15 is 0 Å². The molecule has 3 amide bonds. The monoisotopic (exact) mass is 331 g/mol. The van der Waals surface area contributed by atoms with Gasteiger partial charge in [-0.15, -0.1) is 0 Å². The van der Waals surface area contributed by atoms with Gasteiger partial charge in [0, 0.05) is 20.1 Å². The molecule has 2 saturated heterocycles. The number of nitrogens with zero attached hydrogens (tertiary/aromatic N) is 3. The van der Waals surface area contributed by atoms with Gasteiger partial charge in [0.2, 0.25) is 11.8 Å². The Hall–Kier alpha value is -2.57. The molecule has 0 unspecified atom stereocenters. The lowest BCUT2D eigenvalue weighted by atomic mass is 10.0. The molecular weight excluding hydrogens is 310 g/mol. The van der Waals surface area contributed by atoms with Crippen LogP contribution in [-0.2, 0) is 9.59 Å². The van der Waals surface area contributed by atoms with E-state index in [0.29, 0.717) is 24.4 Å². The predicted molar refractivity (Wildman–Crippen MR) is 86.6 cm³/mol. The van der Waals surface area contributed by atoms with E-state index in [0.717, 1.165) is 0 Å². The van der Waals surface area contributed by atoms with Crippen LogP contribution < -0.4 is 4.74 Å². The first-order valence-corrected chi connectivity index (χ1v) is 7.95. The molecule has 1 aromatic carbocycles. The number of hydrogen-bond acceptors (Lipinski definition) is 4. The summed E-state index contributed by atoms with van der Waals surface area (Å²) in [7, 11) is 3.15. The van der Waals surface area contributed by atoms with Crippen molar-refractivity contribution >= 4 is 17.7 Å². The van der Waals surface area contributed by atoms with Crippen molar-refractivity contribution in [2.75, 3.05) is 33.8 Å². The van der Waals surface area contributed by atoms with Gasteiger partial charge in [-0.3, -0.25) is 14.4 Å². The second-order valence-corrected chi connectivity index (χ2v) is 6.12. The Kier molecular flexibility index (Phi) is 4.17. The van der Waals surface area contributed by atoms with Crippen LogP contribution in [0.2, 0.25) is 0 Å². The highest BCUT2D eigenvalue weighted by molar-refractivity contribution is 6.00. The molecule has 3 rings (SSSR count). The van der Waals surface area contributed by atoms with Gasteiger partial charge < -0.3 is 19.4 Å². The van der Waals surface area contributed by atoms with Crippen LogP contribution in [0.3, 0.4) is 0 Å². The SMILES string of the molecule is COc1ccccc1C(=O)N1CCN2C(=O)[C@H](C)N(C)C(=O)[C@H]2C1. The van der Waals surface area contributed by atoms with Crippen LogP contribution in [-0.4, -0.2) is 78.3 Å². The van der Waals surface area contributed by atoms with E-state index in [1.165, 1.54) is 12.0 Å². The van der Waals surface area contributed by atoms with Gasteiger partial charge in [0.15, 0.2) is 0 Å². The Balaban J connectivity index is 1.82. The van der Waals surface area contributed by atoms with E-state index < -0.39 is 12.1 Å². The molecular formula is C17H21N3O4. The standard InChI is InChI=1S/C17H21N3O4/c1-11-15(21)20-9-8-19(10-13(20)17(23)18(11)2)16(22)12-6-4-5-7-14(12)24-3/h4-7,11,13H,8-10H2,1-3H3/t11-,13+/m0/s1. The summed E-state index contributed by atoms with van der Waals surface area (Å²) in [6.07, 6.45) is 0. The predicted octanol–water partition coefficient (Wildman–Crippen LogP) is 0.209.